The van der Waals surface area contributed by atoms with Crippen molar-refractivity contribution in [2.75, 3.05) is 7.11 Å². The lowest BCUT2D eigenvalue weighted by atomic mass is 10.1. The van der Waals surface area contributed by atoms with Crippen molar-refractivity contribution in [2.24, 2.45) is 0 Å². The average molecular weight is 413 g/mol. The molecule has 28 heavy (non-hydrogen) atoms. The predicted octanol–water partition coefficient (Wildman–Crippen LogP) is 4.06. The maximum atomic E-state index is 12.5. The van der Waals surface area contributed by atoms with Crippen LogP contribution in [0.1, 0.15) is 17.4 Å². The third-order valence-electron chi connectivity index (χ3n) is 4.54. The number of pyridine rings is 1. The van der Waals surface area contributed by atoms with Crippen LogP contribution < -0.4 is 10.1 Å². The van der Waals surface area contributed by atoms with E-state index in [4.69, 9.17) is 4.74 Å². The summed E-state index contributed by atoms with van der Waals surface area (Å²) in [7, 11) is 1.65. The number of ether oxygens (including phenoxy) is 1. The molecule has 0 saturated carbocycles. The lowest BCUT2D eigenvalue weighted by molar-refractivity contribution is -0.120. The highest BCUT2D eigenvalue weighted by molar-refractivity contribution is 8.00. The Morgan fingerprint density at radius 1 is 1.32 bits per heavy atom. The Kier molecular flexibility index (Phi) is 5.23. The Balaban J connectivity index is 1.63. The van der Waals surface area contributed by atoms with E-state index in [1.54, 1.807) is 18.4 Å². The van der Waals surface area contributed by atoms with E-state index >= 15 is 0 Å². The first kappa shape index (κ1) is 18.8. The third kappa shape index (κ3) is 3.57. The van der Waals surface area contributed by atoms with Gasteiger partial charge in [0, 0.05) is 16.3 Å². The van der Waals surface area contributed by atoms with Crippen LogP contribution in [0.5, 0.6) is 5.75 Å². The van der Waals surface area contributed by atoms with E-state index in [-0.39, 0.29) is 11.2 Å². The highest BCUT2D eigenvalue weighted by Crippen LogP contribution is 2.30. The van der Waals surface area contributed by atoms with Crippen LogP contribution in [0.15, 0.2) is 46.9 Å². The summed E-state index contributed by atoms with van der Waals surface area (Å²) in [5.41, 5.74) is 2.84. The third-order valence-corrected chi connectivity index (χ3v) is 6.46. The van der Waals surface area contributed by atoms with Gasteiger partial charge in [-0.1, -0.05) is 17.8 Å². The van der Waals surface area contributed by atoms with E-state index in [0.717, 1.165) is 32.7 Å². The number of aromatic nitrogens is 3. The monoisotopic (exact) mass is 412 g/mol. The van der Waals surface area contributed by atoms with Crippen molar-refractivity contribution in [1.29, 1.82) is 0 Å². The van der Waals surface area contributed by atoms with Crippen molar-refractivity contribution >= 4 is 45.6 Å². The molecule has 0 bridgehead atoms. The van der Waals surface area contributed by atoms with E-state index in [1.165, 1.54) is 11.8 Å². The van der Waals surface area contributed by atoms with Gasteiger partial charge in [-0.05, 0) is 49.1 Å². The second-order valence-corrected chi connectivity index (χ2v) is 8.78. The molecule has 1 N–H and O–H groups in total. The zero-order valence-corrected chi connectivity index (χ0v) is 17.4. The zero-order valence-electron chi connectivity index (χ0n) is 15.8. The summed E-state index contributed by atoms with van der Waals surface area (Å²) in [6.45, 7) is 4.48. The number of rotatable bonds is 6. The van der Waals surface area contributed by atoms with Crippen molar-refractivity contribution in [2.45, 2.75) is 30.8 Å². The summed E-state index contributed by atoms with van der Waals surface area (Å²) in [4.78, 5) is 13.6. The lowest BCUT2D eigenvalue weighted by Crippen LogP contribution is -2.30. The Morgan fingerprint density at radius 2 is 2.18 bits per heavy atom. The molecular weight excluding hydrogens is 392 g/mol. The summed E-state index contributed by atoms with van der Waals surface area (Å²) in [6, 6.07) is 12.0. The van der Waals surface area contributed by atoms with Gasteiger partial charge in [0.15, 0.2) is 10.8 Å². The number of aryl methyl sites for hydroxylation is 1. The molecule has 4 rings (SSSR count). The number of nitrogens with one attached hydrogen (secondary N) is 1. The first-order valence-corrected chi connectivity index (χ1v) is 10.6. The van der Waals surface area contributed by atoms with Crippen molar-refractivity contribution < 1.29 is 9.53 Å². The molecule has 144 valence electrons. The first-order chi connectivity index (χ1) is 13.6. The molecule has 1 amide bonds. The molecule has 3 aromatic heterocycles. The van der Waals surface area contributed by atoms with Gasteiger partial charge in [-0.3, -0.25) is 9.20 Å². The summed E-state index contributed by atoms with van der Waals surface area (Å²) >= 11 is 3.03. The summed E-state index contributed by atoms with van der Waals surface area (Å²) in [5.74, 6) is 0.745. The van der Waals surface area contributed by atoms with Crippen LogP contribution in [-0.4, -0.2) is 32.9 Å². The fraction of sp³-hybridized carbons (Fsp3) is 0.250. The van der Waals surface area contributed by atoms with E-state index < -0.39 is 0 Å². The molecular formula is C20H20N4O2S2. The van der Waals surface area contributed by atoms with E-state index in [2.05, 4.69) is 22.4 Å². The highest BCUT2D eigenvalue weighted by Gasteiger charge is 2.19. The van der Waals surface area contributed by atoms with Gasteiger partial charge in [0.1, 0.15) is 5.75 Å². The predicted molar refractivity (Wildman–Crippen MR) is 113 cm³/mol. The van der Waals surface area contributed by atoms with Gasteiger partial charge in [0.25, 0.3) is 0 Å². The molecule has 0 aliphatic heterocycles. The van der Waals surface area contributed by atoms with Crippen molar-refractivity contribution in [3.8, 4) is 5.75 Å². The van der Waals surface area contributed by atoms with Crippen LogP contribution in [0.4, 0.5) is 0 Å². The van der Waals surface area contributed by atoms with Gasteiger partial charge in [-0.15, -0.1) is 21.5 Å². The molecule has 8 heteroatoms. The lowest BCUT2D eigenvalue weighted by Gasteiger charge is -2.12. The molecule has 0 fully saturated rings. The van der Waals surface area contributed by atoms with Gasteiger partial charge in [-0.25, -0.2) is 0 Å². The number of carbonyl (C=O) groups is 1. The molecule has 0 aliphatic carbocycles. The molecule has 1 atom stereocenters. The number of amides is 1. The first-order valence-electron chi connectivity index (χ1n) is 8.86. The minimum atomic E-state index is -0.297. The maximum absolute atomic E-state index is 12.5. The molecule has 0 radical (unpaired) electrons. The highest BCUT2D eigenvalue weighted by atomic mass is 32.2. The van der Waals surface area contributed by atoms with E-state index in [9.17, 15) is 4.79 Å². The van der Waals surface area contributed by atoms with Crippen molar-refractivity contribution in [1.82, 2.24) is 19.9 Å². The van der Waals surface area contributed by atoms with E-state index in [0.29, 0.717) is 11.7 Å². The summed E-state index contributed by atoms with van der Waals surface area (Å²) in [6.07, 6.45) is 0. The molecule has 1 unspecified atom stereocenters. The van der Waals surface area contributed by atoms with Gasteiger partial charge >= 0.3 is 0 Å². The largest absolute Gasteiger partial charge is 0.497 e. The van der Waals surface area contributed by atoms with Crippen LogP contribution in [-0.2, 0) is 11.3 Å². The number of benzene rings is 1. The van der Waals surface area contributed by atoms with Crippen LogP contribution >= 0.6 is 23.1 Å². The quantitative estimate of drug-likeness (QED) is 0.484. The Hall–Kier alpha value is -2.58. The smallest absolute Gasteiger partial charge is 0.233 e. The molecule has 0 saturated heterocycles. The van der Waals surface area contributed by atoms with Crippen LogP contribution in [0.3, 0.4) is 0 Å². The molecule has 1 aromatic carbocycles. The number of nitrogens with zero attached hydrogens (tertiary/aromatic N) is 3. The second-order valence-electron chi connectivity index (χ2n) is 6.44. The molecule has 0 aliphatic rings. The number of thiophene rings is 1. The molecule has 4 aromatic rings. The zero-order chi connectivity index (χ0) is 19.7. The van der Waals surface area contributed by atoms with Crippen molar-refractivity contribution in [3.05, 3.63) is 52.2 Å². The Bertz CT molecular complexity index is 1140. The molecule has 3 heterocycles. The number of hydrogen-bond donors (Lipinski definition) is 1. The molecule has 6 nitrogen and oxygen atoms in total. The SMILES string of the molecule is COc1ccc2c(C)cc3nnc(SC(C)C(=O)NCc4cccs4)n3c2c1. The number of methoxy groups -OCH3 is 1. The van der Waals surface area contributed by atoms with Crippen LogP contribution in [0.25, 0.3) is 16.6 Å². The van der Waals surface area contributed by atoms with Crippen molar-refractivity contribution in [3.63, 3.8) is 0 Å². The fourth-order valence-electron chi connectivity index (χ4n) is 3.05. The van der Waals surface area contributed by atoms with Gasteiger partial charge in [-0.2, -0.15) is 0 Å². The average Bonchev–Trinajstić information content (AvgIpc) is 3.36. The number of hydrogen-bond acceptors (Lipinski definition) is 6. The number of fused-ring (bicyclic) bond motifs is 3. The maximum Gasteiger partial charge on any atom is 0.233 e. The Labute approximate surface area is 170 Å². The number of carbonyl (C=O) groups excluding carboxylic acids is 1. The number of thioether (sulfide) groups is 1. The van der Waals surface area contributed by atoms with Gasteiger partial charge in [0.2, 0.25) is 5.91 Å². The standard InChI is InChI=1S/C20H20N4O2S2/c1-12-9-18-22-23-20(24(18)17-10-14(26-3)6-7-16(12)17)28-13(2)19(25)21-11-15-5-4-8-27-15/h4-10,13H,11H2,1-3H3,(H,21,25). The minimum Gasteiger partial charge on any atom is -0.497 e. The molecule has 0 spiro atoms. The van der Waals surface area contributed by atoms with Crippen LogP contribution in [0, 0.1) is 6.92 Å². The Morgan fingerprint density at radius 3 is 2.93 bits per heavy atom. The van der Waals surface area contributed by atoms with Crippen LogP contribution in [0.2, 0.25) is 0 Å². The minimum absolute atomic E-state index is 0.0239. The van der Waals surface area contributed by atoms with E-state index in [1.807, 2.05) is 53.1 Å². The topological polar surface area (TPSA) is 68.5 Å². The fourth-order valence-corrected chi connectivity index (χ4v) is 4.59. The van der Waals surface area contributed by atoms with Gasteiger partial charge < -0.3 is 10.1 Å². The van der Waals surface area contributed by atoms with Gasteiger partial charge in [0.05, 0.1) is 24.4 Å². The second kappa shape index (κ2) is 7.81. The summed E-state index contributed by atoms with van der Waals surface area (Å²) < 4.78 is 7.37. The normalized spacial score (nSPS) is 12.4. The summed E-state index contributed by atoms with van der Waals surface area (Å²) in [5, 5.41) is 15.1.